The van der Waals surface area contributed by atoms with Gasteiger partial charge in [-0.05, 0) is 31.0 Å². The highest BCUT2D eigenvalue weighted by Crippen LogP contribution is 2.26. The number of rotatable bonds is 4. The van der Waals surface area contributed by atoms with E-state index >= 15 is 0 Å². The molecule has 3 heterocycles. The van der Waals surface area contributed by atoms with E-state index in [-0.39, 0.29) is 11.6 Å². The van der Waals surface area contributed by atoms with Gasteiger partial charge in [0.15, 0.2) is 0 Å². The number of hydrogen-bond donors (Lipinski definition) is 2. The Bertz CT molecular complexity index is 1030. The lowest BCUT2D eigenvalue weighted by atomic mass is 10.2. The summed E-state index contributed by atoms with van der Waals surface area (Å²) in [4.78, 5) is 30.8. The molecule has 0 saturated carbocycles. The molecule has 134 valence electrons. The van der Waals surface area contributed by atoms with E-state index in [4.69, 9.17) is 0 Å². The van der Waals surface area contributed by atoms with E-state index in [1.807, 2.05) is 31.2 Å². The van der Waals surface area contributed by atoms with Gasteiger partial charge < -0.3 is 10.6 Å². The minimum Gasteiger partial charge on any atom is -0.338 e. The summed E-state index contributed by atoms with van der Waals surface area (Å²) < 4.78 is 1.30. The zero-order valence-electron chi connectivity index (χ0n) is 14.2. The minimum absolute atomic E-state index is 0.0868. The van der Waals surface area contributed by atoms with Crippen LogP contribution in [0.3, 0.4) is 0 Å². The fraction of sp³-hybridized carbons (Fsp3) is 0.294. The number of hydrogen-bond acceptors (Lipinski definition) is 6. The Kier molecular flexibility index (Phi) is 4.29. The van der Waals surface area contributed by atoms with Crippen LogP contribution in [0.4, 0.5) is 21.3 Å². The summed E-state index contributed by atoms with van der Waals surface area (Å²) in [5, 5.41) is 10.9. The zero-order chi connectivity index (χ0) is 18.1. The highest BCUT2D eigenvalue weighted by molar-refractivity contribution is 7.20. The summed E-state index contributed by atoms with van der Waals surface area (Å²) in [5.41, 5.74) is 2.18. The van der Waals surface area contributed by atoms with E-state index in [1.165, 1.54) is 21.9 Å². The number of benzene rings is 1. The number of amides is 2. The lowest BCUT2D eigenvalue weighted by molar-refractivity contribution is 0.243. The van der Waals surface area contributed by atoms with Crippen LogP contribution in [0.15, 0.2) is 35.1 Å². The lowest BCUT2D eigenvalue weighted by Gasteiger charge is -2.27. The Balaban J connectivity index is 1.62. The smallest absolute Gasteiger partial charge is 0.321 e. The number of aryl methyl sites for hydroxylation is 1. The minimum atomic E-state index is -0.185. The van der Waals surface area contributed by atoms with Crippen LogP contribution in [0.25, 0.3) is 4.96 Å². The van der Waals surface area contributed by atoms with Gasteiger partial charge in [0, 0.05) is 36.2 Å². The summed E-state index contributed by atoms with van der Waals surface area (Å²) in [7, 11) is 0. The summed E-state index contributed by atoms with van der Waals surface area (Å²) in [6.07, 6.45) is 1.61. The second-order valence-electron chi connectivity index (χ2n) is 5.95. The first-order chi connectivity index (χ1) is 12.6. The van der Waals surface area contributed by atoms with Crippen molar-refractivity contribution in [2.24, 2.45) is 0 Å². The average molecular weight is 370 g/mol. The Morgan fingerprint density at radius 3 is 3.00 bits per heavy atom. The van der Waals surface area contributed by atoms with Crippen LogP contribution in [-0.2, 0) is 6.42 Å². The number of fused-ring (bicyclic) bond motifs is 1. The molecular formula is C17H18N6O2S. The van der Waals surface area contributed by atoms with Crippen LogP contribution >= 0.6 is 11.3 Å². The molecule has 1 aromatic carbocycles. The molecule has 0 spiro atoms. The maximum atomic E-state index is 12.1. The number of nitrogens with zero attached hydrogens (tertiary/aromatic N) is 4. The first kappa shape index (κ1) is 16.5. The van der Waals surface area contributed by atoms with Gasteiger partial charge in [-0.2, -0.15) is 4.52 Å². The fourth-order valence-electron chi connectivity index (χ4n) is 2.84. The molecule has 1 saturated heterocycles. The summed E-state index contributed by atoms with van der Waals surface area (Å²) >= 11 is 1.31. The van der Waals surface area contributed by atoms with E-state index in [2.05, 4.69) is 20.7 Å². The average Bonchev–Trinajstić information content (AvgIpc) is 3.05. The number of carbonyl (C=O) groups is 1. The zero-order valence-corrected chi connectivity index (χ0v) is 15.0. The molecule has 0 radical (unpaired) electrons. The molecule has 8 nitrogen and oxygen atoms in total. The molecule has 1 aliphatic heterocycles. The summed E-state index contributed by atoms with van der Waals surface area (Å²) in [6.45, 7) is 3.36. The molecule has 0 bridgehead atoms. The maximum absolute atomic E-state index is 12.1. The number of urea groups is 1. The van der Waals surface area contributed by atoms with Gasteiger partial charge in [-0.3, -0.25) is 9.69 Å². The molecule has 1 aliphatic rings. The summed E-state index contributed by atoms with van der Waals surface area (Å²) in [6, 6.07) is 8.98. The molecule has 4 rings (SSSR count). The Labute approximate surface area is 153 Å². The first-order valence-electron chi connectivity index (χ1n) is 8.46. The molecule has 2 amide bonds. The Morgan fingerprint density at radius 1 is 1.31 bits per heavy atom. The van der Waals surface area contributed by atoms with Crippen LogP contribution < -0.4 is 21.1 Å². The predicted molar refractivity (Wildman–Crippen MR) is 102 cm³/mol. The molecule has 0 atom stereocenters. The van der Waals surface area contributed by atoms with Crippen LogP contribution in [0.1, 0.15) is 19.0 Å². The van der Waals surface area contributed by atoms with Gasteiger partial charge in [0.25, 0.3) is 5.56 Å². The van der Waals surface area contributed by atoms with Crippen LogP contribution in [0.5, 0.6) is 0 Å². The Hall–Kier alpha value is -2.94. The van der Waals surface area contributed by atoms with E-state index in [0.29, 0.717) is 29.6 Å². The fourth-order valence-corrected chi connectivity index (χ4v) is 3.68. The predicted octanol–water partition coefficient (Wildman–Crippen LogP) is 2.38. The number of carbonyl (C=O) groups excluding carboxylic acids is 1. The number of nitrogens with one attached hydrogen (secondary N) is 2. The molecule has 0 aliphatic carbocycles. The molecule has 2 aromatic heterocycles. The van der Waals surface area contributed by atoms with Gasteiger partial charge in [-0.15, -0.1) is 5.10 Å². The van der Waals surface area contributed by atoms with Crippen molar-refractivity contribution < 1.29 is 4.79 Å². The first-order valence-corrected chi connectivity index (χ1v) is 9.28. The molecule has 2 N–H and O–H groups in total. The molecule has 0 unspecified atom stereocenters. The normalized spacial score (nSPS) is 14.5. The van der Waals surface area contributed by atoms with E-state index in [1.54, 1.807) is 4.90 Å². The van der Waals surface area contributed by atoms with Crippen molar-refractivity contribution in [3.05, 3.63) is 46.4 Å². The highest BCUT2D eigenvalue weighted by atomic mass is 32.1. The second-order valence-corrected chi connectivity index (χ2v) is 6.91. The quantitative estimate of drug-likeness (QED) is 0.736. The number of aromatic nitrogens is 3. The monoisotopic (exact) mass is 370 g/mol. The van der Waals surface area contributed by atoms with Gasteiger partial charge in [-0.1, -0.05) is 24.3 Å². The third kappa shape index (κ3) is 3.13. The standard InChI is InChI=1S/C17H18N6O2S/c1-2-11-10-14(24)23-17(20-11)26-15(21-23)19-12-5-3-6-13(9-12)22-8-4-7-18-16(22)25/h3,5-6,9-10H,2,4,7-8H2,1H3,(H,18,25)(H,19,21). The third-order valence-corrected chi connectivity index (χ3v) is 4.97. The van der Waals surface area contributed by atoms with E-state index in [0.717, 1.165) is 23.5 Å². The van der Waals surface area contributed by atoms with E-state index in [9.17, 15) is 9.59 Å². The van der Waals surface area contributed by atoms with Gasteiger partial charge in [0.1, 0.15) is 0 Å². The van der Waals surface area contributed by atoms with Crippen LogP contribution in [-0.4, -0.2) is 33.7 Å². The number of anilines is 3. The largest absolute Gasteiger partial charge is 0.338 e. The maximum Gasteiger partial charge on any atom is 0.321 e. The van der Waals surface area contributed by atoms with Crippen molar-refractivity contribution in [3.8, 4) is 0 Å². The van der Waals surface area contributed by atoms with Crippen molar-refractivity contribution in [2.75, 3.05) is 23.3 Å². The topological polar surface area (TPSA) is 91.6 Å². The lowest BCUT2D eigenvalue weighted by Crippen LogP contribution is -2.46. The molecule has 3 aromatic rings. The van der Waals surface area contributed by atoms with Gasteiger partial charge in [0.2, 0.25) is 10.1 Å². The van der Waals surface area contributed by atoms with Crippen molar-refractivity contribution in [2.45, 2.75) is 19.8 Å². The van der Waals surface area contributed by atoms with Crippen molar-refractivity contribution >= 4 is 38.8 Å². The van der Waals surface area contributed by atoms with E-state index < -0.39 is 0 Å². The van der Waals surface area contributed by atoms with Crippen molar-refractivity contribution in [1.29, 1.82) is 0 Å². The third-order valence-electron chi connectivity index (χ3n) is 4.15. The molecular weight excluding hydrogens is 352 g/mol. The Morgan fingerprint density at radius 2 is 2.19 bits per heavy atom. The van der Waals surface area contributed by atoms with Crippen LogP contribution in [0.2, 0.25) is 0 Å². The van der Waals surface area contributed by atoms with Crippen molar-refractivity contribution in [1.82, 2.24) is 19.9 Å². The van der Waals surface area contributed by atoms with Crippen molar-refractivity contribution in [3.63, 3.8) is 0 Å². The van der Waals surface area contributed by atoms with Crippen LogP contribution in [0, 0.1) is 0 Å². The van der Waals surface area contributed by atoms with Gasteiger partial charge in [0.05, 0.1) is 0 Å². The SMILES string of the molecule is CCc1cc(=O)n2nc(Nc3cccc(N4CCCNC4=O)c3)sc2n1. The molecule has 26 heavy (non-hydrogen) atoms. The molecule has 9 heteroatoms. The molecule has 1 fully saturated rings. The highest BCUT2D eigenvalue weighted by Gasteiger charge is 2.19. The van der Waals surface area contributed by atoms with Gasteiger partial charge >= 0.3 is 6.03 Å². The van der Waals surface area contributed by atoms with Gasteiger partial charge in [-0.25, -0.2) is 9.78 Å². The summed E-state index contributed by atoms with van der Waals surface area (Å²) in [5.74, 6) is 0. The second kappa shape index (κ2) is 6.75.